The summed E-state index contributed by atoms with van der Waals surface area (Å²) >= 11 is 0. The van der Waals surface area contributed by atoms with E-state index in [9.17, 15) is 15.0 Å². The van der Waals surface area contributed by atoms with E-state index in [2.05, 4.69) is 19.2 Å². The largest absolute Gasteiger partial charge is 0.393 e. The third-order valence-electron chi connectivity index (χ3n) is 6.47. The molecular formula is C28H57NO3. The Labute approximate surface area is 200 Å². The maximum atomic E-state index is 11.9. The Morgan fingerprint density at radius 2 is 0.969 bits per heavy atom. The summed E-state index contributed by atoms with van der Waals surface area (Å²) < 4.78 is 0. The molecule has 0 saturated heterocycles. The lowest BCUT2D eigenvalue weighted by molar-refractivity contribution is -0.124. The van der Waals surface area contributed by atoms with Gasteiger partial charge in [0.15, 0.2) is 0 Å². The fraction of sp³-hybridized carbons (Fsp3) is 0.964. The molecule has 0 aromatic heterocycles. The molecule has 0 spiro atoms. The van der Waals surface area contributed by atoms with Crippen LogP contribution in [0.25, 0.3) is 0 Å². The summed E-state index contributed by atoms with van der Waals surface area (Å²) in [5.74, 6) is -0.0979. The number of unbranched alkanes of at least 4 members (excludes halogenated alkanes) is 18. The first-order chi connectivity index (χ1) is 15.6. The SMILES string of the molecule is CCCCCCCCCCCCCCCC(O)CC(O)NC(=O)CCCCCCCCC. The van der Waals surface area contributed by atoms with E-state index >= 15 is 0 Å². The zero-order chi connectivity index (χ0) is 23.7. The van der Waals surface area contributed by atoms with Crippen LogP contribution in [-0.4, -0.2) is 28.5 Å². The topological polar surface area (TPSA) is 69.6 Å². The Bertz CT molecular complexity index is 389. The van der Waals surface area contributed by atoms with Gasteiger partial charge in [0.1, 0.15) is 6.23 Å². The lowest BCUT2D eigenvalue weighted by atomic mass is 10.0. The van der Waals surface area contributed by atoms with E-state index in [0.717, 1.165) is 25.7 Å². The molecule has 0 rings (SSSR count). The van der Waals surface area contributed by atoms with Crippen LogP contribution in [0.1, 0.15) is 162 Å². The van der Waals surface area contributed by atoms with E-state index in [1.807, 2.05) is 0 Å². The summed E-state index contributed by atoms with van der Waals surface area (Å²) in [6, 6.07) is 0. The number of hydrogen-bond donors (Lipinski definition) is 3. The standard InChI is InChI=1S/C28H57NO3/c1-3-5-7-9-11-12-13-14-15-16-18-19-21-23-26(30)25-28(32)29-27(31)24-22-20-17-10-8-6-4-2/h26,28,30,32H,3-25H2,1-2H3,(H,29,31). The first kappa shape index (κ1) is 31.4. The number of aliphatic hydroxyl groups excluding tert-OH is 2. The number of aliphatic hydroxyl groups is 2. The predicted molar refractivity (Wildman–Crippen MR) is 138 cm³/mol. The molecule has 0 aromatic rings. The summed E-state index contributed by atoms with van der Waals surface area (Å²) in [4.78, 5) is 11.9. The number of amides is 1. The van der Waals surface area contributed by atoms with E-state index < -0.39 is 12.3 Å². The van der Waals surface area contributed by atoms with Crippen molar-refractivity contribution in [1.29, 1.82) is 0 Å². The van der Waals surface area contributed by atoms with Gasteiger partial charge >= 0.3 is 0 Å². The average molecular weight is 456 g/mol. The molecule has 192 valence electrons. The van der Waals surface area contributed by atoms with Crippen molar-refractivity contribution in [2.75, 3.05) is 0 Å². The van der Waals surface area contributed by atoms with Crippen LogP contribution in [0.4, 0.5) is 0 Å². The van der Waals surface area contributed by atoms with Crippen LogP contribution in [-0.2, 0) is 4.79 Å². The zero-order valence-electron chi connectivity index (χ0n) is 21.7. The van der Waals surface area contributed by atoms with Crippen LogP contribution in [0.2, 0.25) is 0 Å². The average Bonchev–Trinajstić information content (AvgIpc) is 2.76. The fourth-order valence-electron chi connectivity index (χ4n) is 4.33. The number of carbonyl (C=O) groups is 1. The summed E-state index contributed by atoms with van der Waals surface area (Å²) in [5, 5.41) is 22.7. The fourth-order valence-corrected chi connectivity index (χ4v) is 4.33. The molecule has 0 radical (unpaired) electrons. The first-order valence-corrected chi connectivity index (χ1v) is 14.3. The highest BCUT2D eigenvalue weighted by atomic mass is 16.3. The third kappa shape index (κ3) is 24.0. The zero-order valence-corrected chi connectivity index (χ0v) is 21.7. The van der Waals surface area contributed by atoms with Crippen LogP contribution in [0.15, 0.2) is 0 Å². The van der Waals surface area contributed by atoms with Gasteiger partial charge in [0.05, 0.1) is 6.10 Å². The number of carbonyl (C=O) groups excluding carboxylic acids is 1. The molecule has 0 bridgehead atoms. The second-order valence-corrected chi connectivity index (χ2v) is 9.88. The van der Waals surface area contributed by atoms with Crippen molar-refractivity contribution in [2.24, 2.45) is 0 Å². The van der Waals surface area contributed by atoms with Gasteiger partial charge in [0, 0.05) is 12.8 Å². The Morgan fingerprint density at radius 1 is 0.594 bits per heavy atom. The summed E-state index contributed by atoms with van der Waals surface area (Å²) in [6.45, 7) is 4.48. The van der Waals surface area contributed by atoms with Crippen LogP contribution in [0, 0.1) is 0 Å². The first-order valence-electron chi connectivity index (χ1n) is 14.3. The Kier molecular flexibility index (Phi) is 24.5. The highest BCUT2D eigenvalue weighted by Gasteiger charge is 2.14. The molecule has 3 N–H and O–H groups in total. The van der Waals surface area contributed by atoms with Gasteiger partial charge in [-0.3, -0.25) is 4.79 Å². The quantitative estimate of drug-likeness (QED) is 0.0971. The maximum Gasteiger partial charge on any atom is 0.221 e. The molecule has 4 heteroatoms. The van der Waals surface area contributed by atoms with Gasteiger partial charge in [-0.15, -0.1) is 0 Å². The molecule has 0 aromatic carbocycles. The van der Waals surface area contributed by atoms with E-state index in [-0.39, 0.29) is 12.3 Å². The smallest absolute Gasteiger partial charge is 0.221 e. The highest BCUT2D eigenvalue weighted by molar-refractivity contribution is 5.75. The summed E-state index contributed by atoms with van der Waals surface area (Å²) in [5.41, 5.74) is 0. The monoisotopic (exact) mass is 455 g/mol. The predicted octanol–water partition coefficient (Wildman–Crippen LogP) is 7.79. The Hall–Kier alpha value is -0.610. The normalized spacial score (nSPS) is 13.2. The van der Waals surface area contributed by atoms with Gasteiger partial charge in [-0.05, 0) is 12.8 Å². The minimum atomic E-state index is -0.927. The molecule has 0 heterocycles. The van der Waals surface area contributed by atoms with Crippen LogP contribution < -0.4 is 5.32 Å². The van der Waals surface area contributed by atoms with Gasteiger partial charge in [-0.1, -0.05) is 136 Å². The maximum absolute atomic E-state index is 11.9. The molecule has 32 heavy (non-hydrogen) atoms. The lowest BCUT2D eigenvalue weighted by Gasteiger charge is -2.17. The second kappa shape index (κ2) is 25.0. The molecule has 2 atom stereocenters. The van der Waals surface area contributed by atoms with Crippen LogP contribution >= 0.6 is 0 Å². The number of rotatable bonds is 25. The molecular weight excluding hydrogens is 398 g/mol. The molecule has 0 aliphatic rings. The molecule has 0 aliphatic carbocycles. The number of hydrogen-bond acceptors (Lipinski definition) is 3. The van der Waals surface area contributed by atoms with Gasteiger partial charge in [-0.2, -0.15) is 0 Å². The van der Waals surface area contributed by atoms with Crippen molar-refractivity contribution in [3.05, 3.63) is 0 Å². The van der Waals surface area contributed by atoms with Gasteiger partial charge in [0.25, 0.3) is 0 Å². The van der Waals surface area contributed by atoms with Crippen molar-refractivity contribution in [1.82, 2.24) is 5.32 Å². The summed E-state index contributed by atoms with van der Waals surface area (Å²) in [6.07, 6.45) is 25.3. The second-order valence-electron chi connectivity index (χ2n) is 9.88. The van der Waals surface area contributed by atoms with Crippen molar-refractivity contribution >= 4 is 5.91 Å². The molecule has 0 aliphatic heterocycles. The minimum Gasteiger partial charge on any atom is -0.393 e. The van der Waals surface area contributed by atoms with E-state index in [0.29, 0.717) is 12.8 Å². The van der Waals surface area contributed by atoms with Gasteiger partial charge in [0.2, 0.25) is 5.91 Å². The van der Waals surface area contributed by atoms with Crippen LogP contribution in [0.5, 0.6) is 0 Å². The molecule has 0 fully saturated rings. The molecule has 4 nitrogen and oxygen atoms in total. The third-order valence-corrected chi connectivity index (χ3v) is 6.47. The van der Waals surface area contributed by atoms with Crippen molar-refractivity contribution in [3.63, 3.8) is 0 Å². The Morgan fingerprint density at radius 3 is 1.41 bits per heavy atom. The van der Waals surface area contributed by atoms with E-state index in [1.54, 1.807) is 0 Å². The van der Waals surface area contributed by atoms with Crippen molar-refractivity contribution < 1.29 is 15.0 Å². The van der Waals surface area contributed by atoms with Gasteiger partial charge in [-0.25, -0.2) is 0 Å². The van der Waals surface area contributed by atoms with E-state index in [1.165, 1.54) is 103 Å². The number of nitrogens with one attached hydrogen (secondary N) is 1. The van der Waals surface area contributed by atoms with Crippen LogP contribution in [0.3, 0.4) is 0 Å². The van der Waals surface area contributed by atoms with Crippen molar-refractivity contribution in [3.8, 4) is 0 Å². The Balaban J connectivity index is 3.42. The lowest BCUT2D eigenvalue weighted by Crippen LogP contribution is -2.37. The van der Waals surface area contributed by atoms with Crippen molar-refractivity contribution in [2.45, 2.75) is 174 Å². The van der Waals surface area contributed by atoms with Gasteiger partial charge < -0.3 is 15.5 Å². The minimum absolute atomic E-state index is 0.0979. The molecule has 0 saturated carbocycles. The molecule has 2 unspecified atom stereocenters. The van der Waals surface area contributed by atoms with E-state index in [4.69, 9.17) is 0 Å². The highest BCUT2D eigenvalue weighted by Crippen LogP contribution is 2.14. The summed E-state index contributed by atoms with van der Waals surface area (Å²) in [7, 11) is 0. The molecule has 1 amide bonds.